The van der Waals surface area contributed by atoms with Gasteiger partial charge in [-0.3, -0.25) is 9.59 Å². The first-order chi connectivity index (χ1) is 18.3. The maximum absolute atomic E-state index is 12.3. The number of benzene rings is 2. The van der Waals surface area contributed by atoms with Crippen LogP contribution in [0.15, 0.2) is 59.8 Å². The van der Waals surface area contributed by atoms with Gasteiger partial charge in [0, 0.05) is 25.2 Å². The Balaban J connectivity index is 1.19. The largest absolute Gasteiger partial charge is 0.449 e. The maximum atomic E-state index is 12.3. The molecule has 0 saturated carbocycles. The Morgan fingerprint density at radius 1 is 1.03 bits per heavy atom. The molecule has 2 aromatic carbocycles. The van der Waals surface area contributed by atoms with Gasteiger partial charge in [-0.2, -0.15) is 0 Å². The lowest BCUT2D eigenvalue weighted by atomic mass is 9.98. The van der Waals surface area contributed by atoms with Crippen LogP contribution < -0.4 is 16.4 Å². The van der Waals surface area contributed by atoms with Gasteiger partial charge in [-0.05, 0) is 43.0 Å². The standard InChI is InChI=1S/C28H33N5O4S/c1-17(29)27-32-26(14-33(27)18(2)19(3)34)38-16-25(35)30-12-13-31-28(36)37-15-24-22-10-6-4-8-20(22)21-9-5-7-11-23(21)24/h4-11,14,17-18,24H,12-13,15-16,29H2,1-3H3,(H,30,35)(H,31,36)/t17-,18-/m0/s1. The number of ketones is 1. The number of hydrogen-bond donors (Lipinski definition) is 3. The minimum atomic E-state index is -0.524. The summed E-state index contributed by atoms with van der Waals surface area (Å²) in [7, 11) is 0. The number of carbonyl (C=O) groups is 3. The first kappa shape index (κ1) is 27.4. The third-order valence-electron chi connectivity index (χ3n) is 6.56. The summed E-state index contributed by atoms with van der Waals surface area (Å²) in [6.45, 7) is 5.86. The number of nitrogens with one attached hydrogen (secondary N) is 2. The molecule has 2 atom stereocenters. The van der Waals surface area contributed by atoms with E-state index < -0.39 is 6.09 Å². The van der Waals surface area contributed by atoms with E-state index in [4.69, 9.17) is 10.5 Å². The quantitative estimate of drug-likeness (QED) is 0.252. The van der Waals surface area contributed by atoms with Crippen molar-refractivity contribution in [1.82, 2.24) is 20.2 Å². The summed E-state index contributed by atoms with van der Waals surface area (Å²) in [4.78, 5) is 40.8. The van der Waals surface area contributed by atoms with E-state index in [1.54, 1.807) is 24.6 Å². The number of imidazole rings is 1. The van der Waals surface area contributed by atoms with Crippen LogP contribution in [0, 0.1) is 0 Å². The smallest absolute Gasteiger partial charge is 0.407 e. The molecule has 0 radical (unpaired) electrons. The summed E-state index contributed by atoms with van der Waals surface area (Å²) < 4.78 is 7.26. The number of fused-ring (bicyclic) bond motifs is 3. The number of aromatic nitrogens is 2. The van der Waals surface area contributed by atoms with Crippen LogP contribution >= 0.6 is 11.8 Å². The molecule has 4 rings (SSSR count). The van der Waals surface area contributed by atoms with E-state index in [0.29, 0.717) is 10.9 Å². The predicted molar refractivity (Wildman–Crippen MR) is 147 cm³/mol. The molecule has 1 aromatic heterocycles. The van der Waals surface area contributed by atoms with Gasteiger partial charge in [-0.15, -0.1) is 0 Å². The van der Waals surface area contributed by atoms with Crippen molar-refractivity contribution in [3.8, 4) is 11.1 Å². The van der Waals surface area contributed by atoms with Crippen LogP contribution in [0.25, 0.3) is 11.1 Å². The maximum Gasteiger partial charge on any atom is 0.407 e. The Morgan fingerprint density at radius 3 is 2.24 bits per heavy atom. The average Bonchev–Trinajstić information content (AvgIpc) is 3.48. The van der Waals surface area contributed by atoms with Crippen LogP contribution in [-0.4, -0.2) is 52.8 Å². The summed E-state index contributed by atoms with van der Waals surface area (Å²) in [5, 5.41) is 6.08. The number of Topliss-reactive ketones (excluding diaryl/α,β-unsaturated/α-hetero) is 1. The molecule has 9 nitrogen and oxygen atoms in total. The molecule has 0 bridgehead atoms. The van der Waals surface area contributed by atoms with E-state index in [9.17, 15) is 14.4 Å². The van der Waals surface area contributed by atoms with Gasteiger partial charge in [0.15, 0.2) is 5.78 Å². The number of carbonyl (C=O) groups excluding carboxylic acids is 3. The summed E-state index contributed by atoms with van der Waals surface area (Å²) in [5.41, 5.74) is 10.6. The lowest BCUT2D eigenvalue weighted by molar-refractivity contribution is -0.120. The molecule has 4 N–H and O–H groups in total. The molecule has 0 saturated heterocycles. The summed E-state index contributed by atoms with van der Waals surface area (Å²) in [6.07, 6.45) is 1.23. The second kappa shape index (κ2) is 12.3. The van der Waals surface area contributed by atoms with Crippen LogP contribution in [0.5, 0.6) is 0 Å². The molecule has 0 spiro atoms. The van der Waals surface area contributed by atoms with Gasteiger partial charge in [-0.1, -0.05) is 60.3 Å². The Bertz CT molecular complexity index is 1280. The lowest BCUT2D eigenvalue weighted by Crippen LogP contribution is -2.36. The van der Waals surface area contributed by atoms with Crippen LogP contribution in [0.2, 0.25) is 0 Å². The van der Waals surface area contributed by atoms with E-state index in [1.165, 1.54) is 29.8 Å². The fourth-order valence-electron chi connectivity index (χ4n) is 4.50. The Hall–Kier alpha value is -3.63. The molecule has 0 aliphatic heterocycles. The highest BCUT2D eigenvalue weighted by Crippen LogP contribution is 2.44. The minimum absolute atomic E-state index is 0.00231. The van der Waals surface area contributed by atoms with E-state index in [0.717, 1.165) is 11.1 Å². The molecule has 0 fully saturated rings. The van der Waals surface area contributed by atoms with Crippen molar-refractivity contribution in [3.63, 3.8) is 0 Å². The third kappa shape index (κ3) is 6.25. The highest BCUT2D eigenvalue weighted by atomic mass is 32.2. The van der Waals surface area contributed by atoms with Gasteiger partial charge in [0.25, 0.3) is 0 Å². The van der Waals surface area contributed by atoms with Crippen molar-refractivity contribution < 1.29 is 19.1 Å². The van der Waals surface area contributed by atoms with Crippen LogP contribution in [0.3, 0.4) is 0 Å². The minimum Gasteiger partial charge on any atom is -0.449 e. The van der Waals surface area contributed by atoms with Gasteiger partial charge in [0.1, 0.15) is 17.5 Å². The average molecular weight is 536 g/mol. The molecule has 1 aliphatic carbocycles. The highest BCUT2D eigenvalue weighted by molar-refractivity contribution is 7.99. The van der Waals surface area contributed by atoms with E-state index in [-0.39, 0.29) is 55.1 Å². The first-order valence-corrected chi connectivity index (χ1v) is 13.6. The zero-order chi connectivity index (χ0) is 27.2. The number of nitrogens with two attached hydrogens (primary N) is 1. The normalized spacial score (nSPS) is 13.8. The molecule has 2 amide bonds. The van der Waals surface area contributed by atoms with Crippen molar-refractivity contribution >= 4 is 29.5 Å². The van der Waals surface area contributed by atoms with Gasteiger partial charge in [0.2, 0.25) is 5.91 Å². The number of amides is 2. The Kier molecular flexibility index (Phi) is 8.85. The van der Waals surface area contributed by atoms with Crippen LogP contribution in [0.4, 0.5) is 4.79 Å². The van der Waals surface area contributed by atoms with Gasteiger partial charge in [-0.25, -0.2) is 9.78 Å². The van der Waals surface area contributed by atoms with Gasteiger partial charge >= 0.3 is 6.09 Å². The van der Waals surface area contributed by atoms with Crippen molar-refractivity contribution in [2.45, 2.75) is 43.8 Å². The lowest BCUT2D eigenvalue weighted by Gasteiger charge is -2.14. The SMILES string of the molecule is CC(=O)[C@H](C)n1cc(SCC(=O)NCCNC(=O)OCC2c3ccccc3-c3ccccc32)nc1[C@H](C)N. The molecule has 10 heteroatoms. The number of thioether (sulfide) groups is 1. The molecular weight excluding hydrogens is 502 g/mol. The van der Waals surface area contributed by atoms with E-state index in [2.05, 4.69) is 39.9 Å². The second-order valence-corrected chi connectivity index (χ2v) is 10.3. The highest BCUT2D eigenvalue weighted by Gasteiger charge is 2.29. The van der Waals surface area contributed by atoms with Crippen molar-refractivity contribution in [2.75, 3.05) is 25.4 Å². The zero-order valence-corrected chi connectivity index (χ0v) is 22.6. The van der Waals surface area contributed by atoms with Gasteiger partial charge in [0.05, 0.1) is 17.8 Å². The third-order valence-corrected chi connectivity index (χ3v) is 7.46. The molecule has 0 unspecified atom stereocenters. The monoisotopic (exact) mass is 535 g/mol. The van der Waals surface area contributed by atoms with E-state index >= 15 is 0 Å². The molecule has 38 heavy (non-hydrogen) atoms. The van der Waals surface area contributed by atoms with E-state index in [1.807, 2.05) is 24.3 Å². The molecule has 3 aromatic rings. The van der Waals surface area contributed by atoms with Crippen LogP contribution in [-0.2, 0) is 14.3 Å². The summed E-state index contributed by atoms with van der Waals surface area (Å²) in [6, 6.07) is 15.6. The number of nitrogens with zero attached hydrogens (tertiary/aromatic N) is 2. The number of hydrogen-bond acceptors (Lipinski definition) is 7. The molecular formula is C28H33N5O4S. The predicted octanol–water partition coefficient (Wildman–Crippen LogP) is 3.80. The molecule has 1 aliphatic rings. The second-order valence-electron chi connectivity index (χ2n) is 9.31. The van der Waals surface area contributed by atoms with Gasteiger partial charge < -0.3 is 25.7 Å². The Labute approximate surface area is 226 Å². The topological polar surface area (TPSA) is 128 Å². The first-order valence-electron chi connectivity index (χ1n) is 12.6. The number of rotatable bonds is 11. The summed E-state index contributed by atoms with van der Waals surface area (Å²) in [5.74, 6) is 0.551. The molecule has 1 heterocycles. The van der Waals surface area contributed by atoms with Crippen molar-refractivity contribution in [2.24, 2.45) is 5.73 Å². The number of ether oxygens (including phenoxy) is 1. The van der Waals surface area contributed by atoms with Crippen molar-refractivity contribution in [3.05, 3.63) is 71.7 Å². The fourth-order valence-corrected chi connectivity index (χ4v) is 5.23. The number of alkyl carbamates (subject to hydrolysis) is 1. The summed E-state index contributed by atoms with van der Waals surface area (Å²) >= 11 is 1.26. The zero-order valence-electron chi connectivity index (χ0n) is 21.8. The molecule has 200 valence electrons. The fraction of sp³-hybridized carbons (Fsp3) is 0.357. The Morgan fingerprint density at radius 2 is 1.63 bits per heavy atom. The van der Waals surface area contributed by atoms with Crippen molar-refractivity contribution in [1.29, 1.82) is 0 Å². The van der Waals surface area contributed by atoms with Crippen LogP contribution in [0.1, 0.15) is 55.7 Å².